The van der Waals surface area contributed by atoms with Crippen LogP contribution in [0.25, 0.3) is 22.3 Å². The van der Waals surface area contributed by atoms with Crippen molar-refractivity contribution in [3.05, 3.63) is 79.1 Å². The highest BCUT2D eigenvalue weighted by Gasteiger charge is 2.11. The first kappa shape index (κ1) is 16.9. The second-order valence-corrected chi connectivity index (χ2v) is 6.13. The maximum Gasteiger partial charge on any atom is 0.303 e. The van der Waals surface area contributed by atoms with Crippen molar-refractivity contribution < 1.29 is 14.5 Å². The first-order chi connectivity index (χ1) is 12.2. The van der Waals surface area contributed by atoms with E-state index in [1.165, 1.54) is 22.3 Å². The average Bonchev–Trinajstić information content (AvgIpc) is 2.66. The number of aryl methyl sites for hydroxylation is 1. The first-order valence-corrected chi connectivity index (χ1v) is 8.59. The van der Waals surface area contributed by atoms with E-state index in [0.29, 0.717) is 6.42 Å². The molecular weight excluding hydrogens is 310 g/mol. The number of benzene rings is 2. The van der Waals surface area contributed by atoms with Crippen LogP contribution in [0.3, 0.4) is 0 Å². The molecule has 0 saturated carbocycles. The smallest absolute Gasteiger partial charge is 0.303 e. The van der Waals surface area contributed by atoms with Gasteiger partial charge in [-0.05, 0) is 23.6 Å². The summed E-state index contributed by atoms with van der Waals surface area (Å²) in [6, 6.07) is 22.9. The van der Waals surface area contributed by atoms with Gasteiger partial charge in [-0.2, -0.15) is 0 Å². The van der Waals surface area contributed by atoms with Crippen LogP contribution in [0.1, 0.15) is 19.3 Å². The molecule has 3 rings (SSSR count). The minimum absolute atomic E-state index is 0.227. The summed E-state index contributed by atoms with van der Waals surface area (Å²) in [5.74, 6) is -0.729. The van der Waals surface area contributed by atoms with E-state index in [-0.39, 0.29) is 6.42 Å². The zero-order valence-corrected chi connectivity index (χ0v) is 14.1. The van der Waals surface area contributed by atoms with E-state index in [2.05, 4.69) is 47.3 Å². The van der Waals surface area contributed by atoms with E-state index in [1.54, 1.807) is 0 Å². The Hall–Kier alpha value is -2.94. The number of aromatic nitrogens is 1. The van der Waals surface area contributed by atoms with Crippen LogP contribution in [0.5, 0.6) is 0 Å². The lowest BCUT2D eigenvalue weighted by atomic mass is 10.0. The van der Waals surface area contributed by atoms with Crippen molar-refractivity contribution in [1.82, 2.24) is 0 Å². The normalized spacial score (nSPS) is 10.6. The molecule has 1 aromatic heterocycles. The summed E-state index contributed by atoms with van der Waals surface area (Å²) in [6.07, 6.45) is 6.05. The molecular formula is C22H22NO2+. The SMILES string of the molecule is O=C(O)CCCC[n+]1cc(-c2ccccc2)cc(-c2ccccc2)c1. The van der Waals surface area contributed by atoms with Gasteiger partial charge < -0.3 is 5.11 Å². The highest BCUT2D eigenvalue weighted by molar-refractivity contribution is 5.70. The summed E-state index contributed by atoms with van der Waals surface area (Å²) in [5, 5.41) is 8.79. The van der Waals surface area contributed by atoms with Crippen LogP contribution >= 0.6 is 0 Å². The molecule has 0 saturated heterocycles. The fraction of sp³-hybridized carbons (Fsp3) is 0.182. The Morgan fingerprint density at radius 2 is 1.28 bits per heavy atom. The van der Waals surface area contributed by atoms with Crippen molar-refractivity contribution in [1.29, 1.82) is 0 Å². The highest BCUT2D eigenvalue weighted by atomic mass is 16.4. The topological polar surface area (TPSA) is 41.2 Å². The standard InChI is InChI=1S/C22H21NO2/c24-22(25)13-7-8-14-23-16-20(18-9-3-1-4-10-18)15-21(17-23)19-11-5-2-6-12-19/h1-6,9-12,15-17H,7-8,13-14H2/p+1. The van der Waals surface area contributed by atoms with Crippen molar-refractivity contribution in [2.45, 2.75) is 25.8 Å². The van der Waals surface area contributed by atoms with E-state index in [0.717, 1.165) is 13.0 Å². The van der Waals surface area contributed by atoms with Crippen molar-refractivity contribution in [3.8, 4) is 22.3 Å². The van der Waals surface area contributed by atoms with Gasteiger partial charge in [0.25, 0.3) is 0 Å². The van der Waals surface area contributed by atoms with Gasteiger partial charge in [0, 0.05) is 24.0 Å². The summed E-state index contributed by atoms with van der Waals surface area (Å²) < 4.78 is 2.17. The van der Waals surface area contributed by atoms with Gasteiger partial charge in [0.15, 0.2) is 12.4 Å². The Morgan fingerprint density at radius 3 is 1.76 bits per heavy atom. The number of pyridine rings is 1. The molecule has 0 spiro atoms. The molecule has 0 aliphatic carbocycles. The van der Waals surface area contributed by atoms with Gasteiger partial charge in [-0.3, -0.25) is 4.79 Å². The molecule has 0 unspecified atom stereocenters. The van der Waals surface area contributed by atoms with E-state index >= 15 is 0 Å². The fourth-order valence-electron chi connectivity index (χ4n) is 2.91. The molecule has 1 N–H and O–H groups in total. The van der Waals surface area contributed by atoms with Crippen LogP contribution in [0.2, 0.25) is 0 Å². The molecule has 25 heavy (non-hydrogen) atoms. The van der Waals surface area contributed by atoms with Crippen molar-refractivity contribution in [2.24, 2.45) is 0 Å². The number of carbonyl (C=O) groups is 1. The maximum absolute atomic E-state index is 10.7. The molecule has 0 atom stereocenters. The van der Waals surface area contributed by atoms with Gasteiger partial charge in [-0.25, -0.2) is 4.57 Å². The van der Waals surface area contributed by atoms with Crippen LogP contribution in [0.4, 0.5) is 0 Å². The number of carboxylic acids is 1. The van der Waals surface area contributed by atoms with Crippen LogP contribution in [0, 0.1) is 0 Å². The van der Waals surface area contributed by atoms with Gasteiger partial charge >= 0.3 is 5.97 Å². The van der Waals surface area contributed by atoms with Gasteiger partial charge in [0.1, 0.15) is 6.54 Å². The lowest BCUT2D eigenvalue weighted by Gasteiger charge is -2.06. The molecule has 0 fully saturated rings. The monoisotopic (exact) mass is 332 g/mol. The molecule has 1 heterocycles. The second-order valence-electron chi connectivity index (χ2n) is 6.13. The largest absolute Gasteiger partial charge is 0.481 e. The lowest BCUT2D eigenvalue weighted by molar-refractivity contribution is -0.696. The summed E-state index contributed by atoms with van der Waals surface area (Å²) in [6.45, 7) is 0.813. The molecule has 3 aromatic rings. The molecule has 2 aromatic carbocycles. The average molecular weight is 332 g/mol. The summed E-state index contributed by atoms with van der Waals surface area (Å²) in [4.78, 5) is 10.7. The lowest BCUT2D eigenvalue weighted by Crippen LogP contribution is -2.33. The molecule has 3 nitrogen and oxygen atoms in total. The third kappa shape index (κ3) is 4.77. The molecule has 3 heteroatoms. The van der Waals surface area contributed by atoms with Gasteiger partial charge in [0.05, 0.1) is 0 Å². The van der Waals surface area contributed by atoms with Crippen molar-refractivity contribution >= 4 is 5.97 Å². The van der Waals surface area contributed by atoms with Crippen LogP contribution in [-0.4, -0.2) is 11.1 Å². The van der Waals surface area contributed by atoms with Crippen molar-refractivity contribution in [2.75, 3.05) is 0 Å². The minimum Gasteiger partial charge on any atom is -0.481 e. The number of carboxylic acid groups (broad SMARTS) is 1. The fourth-order valence-corrected chi connectivity index (χ4v) is 2.91. The number of nitrogens with zero attached hydrogens (tertiary/aromatic N) is 1. The van der Waals surface area contributed by atoms with E-state index in [9.17, 15) is 4.79 Å². The Bertz CT molecular complexity index is 771. The number of hydrogen-bond acceptors (Lipinski definition) is 1. The minimum atomic E-state index is -0.729. The molecule has 0 aliphatic heterocycles. The number of unbranched alkanes of at least 4 members (excludes halogenated alkanes) is 1. The Balaban J connectivity index is 1.90. The van der Waals surface area contributed by atoms with Crippen LogP contribution in [-0.2, 0) is 11.3 Å². The second kappa shape index (κ2) is 8.25. The van der Waals surface area contributed by atoms with Gasteiger partial charge in [-0.15, -0.1) is 0 Å². The van der Waals surface area contributed by atoms with Crippen LogP contribution in [0.15, 0.2) is 79.1 Å². The summed E-state index contributed by atoms with van der Waals surface area (Å²) in [5.41, 5.74) is 4.69. The quantitative estimate of drug-likeness (QED) is 0.509. The van der Waals surface area contributed by atoms with E-state index in [1.807, 2.05) is 36.4 Å². The molecule has 0 radical (unpaired) electrons. The van der Waals surface area contributed by atoms with Crippen molar-refractivity contribution in [3.63, 3.8) is 0 Å². The summed E-state index contributed by atoms with van der Waals surface area (Å²) in [7, 11) is 0. The molecule has 0 amide bonds. The van der Waals surface area contributed by atoms with Gasteiger partial charge in [0.2, 0.25) is 0 Å². The van der Waals surface area contributed by atoms with Crippen LogP contribution < -0.4 is 4.57 Å². The number of hydrogen-bond donors (Lipinski definition) is 1. The number of rotatable bonds is 7. The van der Waals surface area contributed by atoms with E-state index in [4.69, 9.17) is 5.11 Å². The zero-order chi connectivity index (χ0) is 17.5. The third-order valence-electron chi connectivity index (χ3n) is 4.19. The van der Waals surface area contributed by atoms with E-state index < -0.39 is 5.97 Å². The zero-order valence-electron chi connectivity index (χ0n) is 14.1. The molecule has 0 aliphatic rings. The molecule has 126 valence electrons. The Kier molecular flexibility index (Phi) is 5.57. The van der Waals surface area contributed by atoms with Gasteiger partial charge in [-0.1, -0.05) is 60.7 Å². The Morgan fingerprint density at radius 1 is 0.760 bits per heavy atom. The number of aliphatic carboxylic acids is 1. The third-order valence-corrected chi connectivity index (χ3v) is 4.19. The Labute approximate surface area is 148 Å². The predicted molar refractivity (Wildman–Crippen MR) is 99.0 cm³/mol. The predicted octanol–water partition coefficient (Wildman–Crippen LogP) is 4.56. The summed E-state index contributed by atoms with van der Waals surface area (Å²) >= 11 is 0. The highest BCUT2D eigenvalue weighted by Crippen LogP contribution is 2.24. The first-order valence-electron chi connectivity index (χ1n) is 8.59. The maximum atomic E-state index is 10.7. The molecule has 0 bridgehead atoms.